The lowest BCUT2D eigenvalue weighted by molar-refractivity contribution is 0.0695. The van der Waals surface area contributed by atoms with E-state index >= 15 is 0 Å². The van der Waals surface area contributed by atoms with Crippen molar-refractivity contribution >= 4 is 44.8 Å². The van der Waals surface area contributed by atoms with Crippen molar-refractivity contribution in [2.75, 3.05) is 11.1 Å². The molecule has 1 aromatic carbocycles. The van der Waals surface area contributed by atoms with E-state index < -0.39 is 23.0 Å². The number of anilines is 2. The van der Waals surface area contributed by atoms with Crippen molar-refractivity contribution in [1.82, 2.24) is 4.98 Å². The number of nitrogen functional groups attached to an aromatic ring is 1. The van der Waals surface area contributed by atoms with E-state index in [1.165, 1.54) is 6.07 Å². The van der Waals surface area contributed by atoms with Crippen LogP contribution in [0.2, 0.25) is 0 Å². The van der Waals surface area contributed by atoms with E-state index in [1.807, 2.05) is 6.07 Å². The average Bonchev–Trinajstić information content (AvgIpc) is 2.83. The molecule has 0 aliphatic heterocycles. The Balaban J connectivity index is 2.05. The Labute approximate surface area is 133 Å². The molecule has 3 aromatic rings. The van der Waals surface area contributed by atoms with Crippen molar-refractivity contribution in [3.05, 3.63) is 57.2 Å². The summed E-state index contributed by atoms with van der Waals surface area (Å²) >= 11 is 1.00. The zero-order chi connectivity index (χ0) is 16.6. The minimum Gasteiger partial charge on any atom is -0.477 e. The number of hydrogen-bond acceptors (Lipinski definition) is 5. The molecular formula is C15H11N3O4S. The number of carbonyl (C=O) groups excluding carboxylic acids is 1. The molecule has 23 heavy (non-hydrogen) atoms. The first kappa shape index (κ1) is 14.8. The molecule has 0 spiro atoms. The van der Waals surface area contributed by atoms with Crippen molar-refractivity contribution in [2.45, 2.75) is 0 Å². The normalized spacial score (nSPS) is 10.6. The molecular weight excluding hydrogens is 318 g/mol. The predicted molar refractivity (Wildman–Crippen MR) is 88.2 cm³/mol. The number of benzene rings is 1. The standard InChI is InChI=1S/C15H11N3O4S/c16-10-8-6-9(15(21)22)12(19)18-14(8)23-11(10)13(20)17-7-4-2-1-3-5-7/h1-6H,16H2,(H,17,20)(H,18,19)(H,21,22). The third kappa shape index (κ3) is 2.67. The summed E-state index contributed by atoms with van der Waals surface area (Å²) in [6.45, 7) is 0. The van der Waals surface area contributed by atoms with Crippen LogP contribution in [0.25, 0.3) is 10.2 Å². The summed E-state index contributed by atoms with van der Waals surface area (Å²) in [5.74, 6) is -1.78. The summed E-state index contributed by atoms with van der Waals surface area (Å²) in [7, 11) is 0. The molecule has 0 saturated carbocycles. The van der Waals surface area contributed by atoms with Gasteiger partial charge in [0.25, 0.3) is 11.5 Å². The van der Waals surface area contributed by atoms with Crippen molar-refractivity contribution < 1.29 is 14.7 Å². The maximum Gasteiger partial charge on any atom is 0.341 e. The molecule has 116 valence electrons. The van der Waals surface area contributed by atoms with Crippen molar-refractivity contribution in [3.63, 3.8) is 0 Å². The average molecular weight is 329 g/mol. The molecule has 0 bridgehead atoms. The lowest BCUT2D eigenvalue weighted by Crippen LogP contribution is -2.16. The van der Waals surface area contributed by atoms with E-state index in [9.17, 15) is 14.4 Å². The van der Waals surface area contributed by atoms with Crippen LogP contribution in [0, 0.1) is 0 Å². The number of nitrogens with two attached hydrogens (primary N) is 1. The van der Waals surface area contributed by atoms with Gasteiger partial charge in [0, 0.05) is 11.1 Å². The third-order valence-corrected chi connectivity index (χ3v) is 4.35. The first-order chi connectivity index (χ1) is 11.0. The Bertz CT molecular complexity index is 976. The van der Waals surface area contributed by atoms with Crippen molar-refractivity contribution in [1.29, 1.82) is 0 Å². The van der Waals surface area contributed by atoms with Gasteiger partial charge in [0.05, 0.1) is 5.69 Å². The van der Waals surface area contributed by atoms with Crippen LogP contribution in [-0.4, -0.2) is 22.0 Å². The quantitative estimate of drug-likeness (QED) is 0.585. The Morgan fingerprint density at radius 1 is 1.22 bits per heavy atom. The van der Waals surface area contributed by atoms with Crippen LogP contribution in [-0.2, 0) is 0 Å². The van der Waals surface area contributed by atoms with Crippen LogP contribution in [0.3, 0.4) is 0 Å². The van der Waals surface area contributed by atoms with Crippen LogP contribution >= 0.6 is 11.3 Å². The Hall–Kier alpha value is -3.13. The van der Waals surface area contributed by atoms with Crippen molar-refractivity contribution in [2.24, 2.45) is 0 Å². The summed E-state index contributed by atoms with van der Waals surface area (Å²) in [6, 6.07) is 10.0. The van der Waals surface area contributed by atoms with Gasteiger partial charge in [-0.2, -0.15) is 0 Å². The van der Waals surface area contributed by atoms with Gasteiger partial charge in [-0.3, -0.25) is 9.59 Å². The molecule has 0 unspecified atom stereocenters. The molecule has 0 saturated heterocycles. The SMILES string of the molecule is Nc1c(C(=O)Nc2ccccc2)sc2[nH]c(=O)c(C(=O)O)cc12. The summed E-state index contributed by atoms with van der Waals surface area (Å²) < 4.78 is 0. The highest BCUT2D eigenvalue weighted by Crippen LogP contribution is 2.32. The highest BCUT2D eigenvalue weighted by atomic mass is 32.1. The van der Waals surface area contributed by atoms with Gasteiger partial charge in [-0.1, -0.05) is 18.2 Å². The van der Waals surface area contributed by atoms with Crippen LogP contribution in [0.5, 0.6) is 0 Å². The van der Waals surface area contributed by atoms with Gasteiger partial charge >= 0.3 is 5.97 Å². The minimum atomic E-state index is -1.35. The maximum absolute atomic E-state index is 12.3. The number of nitrogens with one attached hydrogen (secondary N) is 2. The van der Waals surface area contributed by atoms with E-state index in [2.05, 4.69) is 10.3 Å². The Morgan fingerprint density at radius 3 is 2.57 bits per heavy atom. The number of carbonyl (C=O) groups is 2. The predicted octanol–water partition coefficient (Wildman–Crippen LogP) is 2.12. The monoisotopic (exact) mass is 329 g/mol. The van der Waals surface area contributed by atoms with Crippen molar-refractivity contribution in [3.8, 4) is 0 Å². The zero-order valence-electron chi connectivity index (χ0n) is 11.6. The number of carboxylic acids is 1. The highest BCUT2D eigenvalue weighted by molar-refractivity contribution is 7.21. The van der Waals surface area contributed by atoms with Gasteiger partial charge in [-0.15, -0.1) is 11.3 Å². The number of aromatic carboxylic acids is 1. The number of amides is 1. The number of thiophene rings is 1. The summed E-state index contributed by atoms with van der Waals surface area (Å²) in [5, 5.41) is 12.0. The molecule has 0 atom stereocenters. The second-order valence-corrected chi connectivity index (χ2v) is 5.75. The second-order valence-electron chi connectivity index (χ2n) is 4.73. The van der Waals surface area contributed by atoms with Gasteiger partial charge in [-0.25, -0.2) is 4.79 Å². The van der Waals surface area contributed by atoms with Crippen LogP contribution < -0.4 is 16.6 Å². The van der Waals surface area contributed by atoms with Crippen LogP contribution in [0.15, 0.2) is 41.2 Å². The van der Waals surface area contributed by atoms with E-state index in [0.717, 1.165) is 11.3 Å². The number of aromatic nitrogens is 1. The lowest BCUT2D eigenvalue weighted by Gasteiger charge is -2.03. The molecule has 0 aliphatic carbocycles. The molecule has 0 radical (unpaired) electrons. The molecule has 0 fully saturated rings. The summed E-state index contributed by atoms with van der Waals surface area (Å²) in [5.41, 5.74) is 5.53. The smallest absolute Gasteiger partial charge is 0.341 e. The molecule has 3 rings (SSSR count). The maximum atomic E-state index is 12.3. The summed E-state index contributed by atoms with van der Waals surface area (Å²) in [6.07, 6.45) is 0. The van der Waals surface area contributed by atoms with E-state index in [0.29, 0.717) is 15.9 Å². The van der Waals surface area contributed by atoms with E-state index in [1.54, 1.807) is 24.3 Å². The molecule has 1 amide bonds. The number of carboxylic acid groups (broad SMARTS) is 1. The number of pyridine rings is 1. The molecule has 7 nitrogen and oxygen atoms in total. The fourth-order valence-electron chi connectivity index (χ4n) is 2.11. The summed E-state index contributed by atoms with van der Waals surface area (Å²) in [4.78, 5) is 38.0. The molecule has 5 N–H and O–H groups in total. The number of rotatable bonds is 3. The highest BCUT2D eigenvalue weighted by Gasteiger charge is 2.20. The second kappa shape index (κ2) is 5.58. The number of hydrogen-bond donors (Lipinski definition) is 4. The van der Waals surface area contributed by atoms with Crippen LogP contribution in [0.4, 0.5) is 11.4 Å². The zero-order valence-corrected chi connectivity index (χ0v) is 12.4. The lowest BCUT2D eigenvalue weighted by atomic mass is 10.2. The molecule has 8 heteroatoms. The number of aromatic amines is 1. The Kier molecular flexibility index (Phi) is 3.59. The fraction of sp³-hybridized carbons (Fsp3) is 0. The third-order valence-electron chi connectivity index (χ3n) is 3.21. The van der Waals surface area contributed by atoms with Gasteiger partial charge in [0.15, 0.2) is 0 Å². The Morgan fingerprint density at radius 2 is 1.91 bits per heavy atom. The van der Waals surface area contributed by atoms with E-state index in [4.69, 9.17) is 10.8 Å². The molecule has 0 aliphatic rings. The first-order valence-corrected chi connectivity index (χ1v) is 7.34. The van der Waals surface area contributed by atoms with Gasteiger partial charge in [-0.05, 0) is 18.2 Å². The topological polar surface area (TPSA) is 125 Å². The minimum absolute atomic E-state index is 0.136. The number of para-hydroxylation sites is 1. The largest absolute Gasteiger partial charge is 0.477 e. The van der Waals surface area contributed by atoms with Crippen LogP contribution in [0.1, 0.15) is 20.0 Å². The van der Waals surface area contributed by atoms with Gasteiger partial charge in [0.1, 0.15) is 15.3 Å². The van der Waals surface area contributed by atoms with E-state index in [-0.39, 0.29) is 10.6 Å². The molecule has 2 heterocycles. The number of fused-ring (bicyclic) bond motifs is 1. The number of H-pyrrole nitrogens is 1. The van der Waals surface area contributed by atoms with Gasteiger partial charge < -0.3 is 21.1 Å². The first-order valence-electron chi connectivity index (χ1n) is 6.52. The van der Waals surface area contributed by atoms with Gasteiger partial charge in [0.2, 0.25) is 0 Å². The molecule has 2 aromatic heterocycles. The fourth-order valence-corrected chi connectivity index (χ4v) is 3.10.